The highest BCUT2D eigenvalue weighted by atomic mass is 32.2. The van der Waals surface area contributed by atoms with Crippen molar-refractivity contribution in [1.82, 2.24) is 10.6 Å². The Hall–Kier alpha value is -2.37. The minimum absolute atomic E-state index is 0.0964. The normalized spacial score (nSPS) is 25.6. The van der Waals surface area contributed by atoms with Gasteiger partial charge < -0.3 is 25.4 Å². The first-order chi connectivity index (χ1) is 14.5. The number of urea groups is 1. The molecule has 162 valence electrons. The fourth-order valence-corrected chi connectivity index (χ4v) is 5.56. The van der Waals surface area contributed by atoms with Gasteiger partial charge in [0.25, 0.3) is 5.69 Å². The molecule has 0 aliphatic carbocycles. The molecular formula is C19H24N4O6S. The van der Waals surface area contributed by atoms with Gasteiger partial charge in [-0.15, -0.1) is 0 Å². The van der Waals surface area contributed by atoms with Crippen LogP contribution >= 0.6 is 11.8 Å². The number of ether oxygens (including phenoxy) is 2. The molecule has 1 aromatic rings. The summed E-state index contributed by atoms with van der Waals surface area (Å²) in [5.41, 5.74) is 0.582. The van der Waals surface area contributed by atoms with Gasteiger partial charge >= 0.3 is 6.03 Å². The summed E-state index contributed by atoms with van der Waals surface area (Å²) < 4.78 is 10.7. The fourth-order valence-electron chi connectivity index (χ4n) is 4.01. The summed E-state index contributed by atoms with van der Waals surface area (Å²) in [4.78, 5) is 34.6. The monoisotopic (exact) mass is 436 g/mol. The van der Waals surface area contributed by atoms with Gasteiger partial charge in [0.2, 0.25) is 5.91 Å². The lowest BCUT2D eigenvalue weighted by Gasteiger charge is -2.16. The predicted molar refractivity (Wildman–Crippen MR) is 110 cm³/mol. The summed E-state index contributed by atoms with van der Waals surface area (Å²) in [5.74, 6) is 0.735. The summed E-state index contributed by atoms with van der Waals surface area (Å²) in [5, 5.41) is 20.4. The molecule has 1 aromatic carbocycles. The smallest absolute Gasteiger partial charge is 0.315 e. The zero-order chi connectivity index (χ0) is 21.1. The maximum Gasteiger partial charge on any atom is 0.315 e. The first-order valence-corrected chi connectivity index (χ1v) is 11.1. The van der Waals surface area contributed by atoms with E-state index < -0.39 is 11.2 Å². The van der Waals surface area contributed by atoms with Crippen LogP contribution in [-0.4, -0.2) is 53.2 Å². The second-order valence-electron chi connectivity index (χ2n) is 7.52. The van der Waals surface area contributed by atoms with Crippen molar-refractivity contribution in [3.63, 3.8) is 0 Å². The molecule has 30 heavy (non-hydrogen) atoms. The molecule has 3 aliphatic rings. The Morgan fingerprint density at radius 3 is 2.83 bits per heavy atom. The van der Waals surface area contributed by atoms with E-state index in [1.54, 1.807) is 12.1 Å². The molecule has 0 radical (unpaired) electrons. The highest BCUT2D eigenvalue weighted by Crippen LogP contribution is 2.34. The topological polar surface area (TPSA) is 132 Å². The van der Waals surface area contributed by atoms with Gasteiger partial charge in [-0.05, 0) is 25.0 Å². The Morgan fingerprint density at radius 1 is 1.27 bits per heavy atom. The van der Waals surface area contributed by atoms with Crippen molar-refractivity contribution >= 4 is 35.1 Å². The molecule has 11 heteroatoms. The molecule has 3 amide bonds. The predicted octanol–water partition coefficient (Wildman–Crippen LogP) is 2.30. The van der Waals surface area contributed by atoms with Crippen LogP contribution in [0.5, 0.6) is 0 Å². The van der Waals surface area contributed by atoms with E-state index in [-0.39, 0.29) is 29.7 Å². The van der Waals surface area contributed by atoms with Gasteiger partial charge in [-0.3, -0.25) is 14.9 Å². The molecule has 10 nitrogen and oxygen atoms in total. The van der Waals surface area contributed by atoms with Gasteiger partial charge in [-0.25, -0.2) is 4.79 Å². The van der Waals surface area contributed by atoms with Gasteiger partial charge in [0.05, 0.1) is 35.8 Å². The molecule has 0 bridgehead atoms. The van der Waals surface area contributed by atoms with Crippen molar-refractivity contribution in [2.24, 2.45) is 0 Å². The molecule has 3 atom stereocenters. The van der Waals surface area contributed by atoms with Crippen LogP contribution in [0.2, 0.25) is 0 Å². The first kappa shape index (κ1) is 20.9. The second kappa shape index (κ2) is 9.19. The number of rotatable bonds is 8. The zero-order valence-corrected chi connectivity index (χ0v) is 17.1. The van der Waals surface area contributed by atoms with E-state index in [0.717, 1.165) is 18.6 Å². The number of carbonyl (C=O) groups excluding carboxylic acids is 2. The molecule has 0 saturated carbocycles. The molecule has 3 N–H and O–H groups in total. The second-order valence-corrected chi connectivity index (χ2v) is 8.79. The number of hydrogen-bond acceptors (Lipinski definition) is 7. The summed E-state index contributed by atoms with van der Waals surface area (Å²) in [6.45, 7) is 0.786. The molecule has 0 spiro atoms. The number of unbranched alkanes of at least 4 members (excludes halogenated alkanes) is 1. The Bertz CT molecular complexity index is 831. The first-order valence-electron chi connectivity index (χ1n) is 10.0. The van der Waals surface area contributed by atoms with E-state index >= 15 is 0 Å². The summed E-state index contributed by atoms with van der Waals surface area (Å²) in [7, 11) is 0. The maximum atomic E-state index is 12.3. The highest BCUT2D eigenvalue weighted by Gasteiger charge is 2.42. The van der Waals surface area contributed by atoms with Crippen LogP contribution in [0.15, 0.2) is 18.2 Å². The molecule has 3 saturated heterocycles. The van der Waals surface area contributed by atoms with Crippen LogP contribution in [-0.2, 0) is 14.3 Å². The number of hydrogen-bond donors (Lipinski definition) is 3. The molecule has 3 aliphatic heterocycles. The number of nitrogens with zero attached hydrogens (tertiary/aromatic N) is 1. The third-order valence-corrected chi connectivity index (χ3v) is 6.98. The molecule has 3 unspecified atom stereocenters. The molecule has 3 fully saturated rings. The van der Waals surface area contributed by atoms with E-state index in [0.29, 0.717) is 42.6 Å². The van der Waals surface area contributed by atoms with E-state index in [1.165, 1.54) is 6.07 Å². The largest absolute Gasteiger partial charge is 0.346 e. The zero-order valence-electron chi connectivity index (χ0n) is 16.3. The van der Waals surface area contributed by atoms with Crippen molar-refractivity contribution in [3.8, 4) is 0 Å². The number of fused-ring (bicyclic) bond motifs is 1. The molecular weight excluding hydrogens is 412 g/mol. The summed E-state index contributed by atoms with van der Waals surface area (Å²) in [6, 6.07) is 4.79. The van der Waals surface area contributed by atoms with E-state index in [1.807, 2.05) is 11.8 Å². The highest BCUT2D eigenvalue weighted by molar-refractivity contribution is 8.00. The average Bonchev–Trinajstić information content (AvgIpc) is 3.43. The van der Waals surface area contributed by atoms with Crippen LogP contribution < -0.4 is 16.0 Å². The Kier molecular flexibility index (Phi) is 6.40. The van der Waals surface area contributed by atoms with Gasteiger partial charge in [0.15, 0.2) is 6.29 Å². The third kappa shape index (κ3) is 4.68. The number of benzene rings is 1. The van der Waals surface area contributed by atoms with Crippen molar-refractivity contribution in [2.75, 3.05) is 24.3 Å². The molecule has 4 rings (SSSR count). The van der Waals surface area contributed by atoms with Gasteiger partial charge in [-0.1, -0.05) is 6.42 Å². The standard InChI is InChI=1S/C19H24N4O6S/c24-16(4-2-1-3-15-17-13(10-30-15)21-19(25)22-17)20-11-5-6-12(14(9-11)23(26)27)18-28-7-8-29-18/h5-6,9,13,15,17-18H,1-4,7-8,10H2,(H,20,24)(H2,21,22,25). The number of nitro benzene ring substituents is 1. The minimum Gasteiger partial charge on any atom is -0.346 e. The number of nitrogens with one attached hydrogen (secondary N) is 3. The minimum atomic E-state index is -0.747. The van der Waals surface area contributed by atoms with Gasteiger partial charge in [0, 0.05) is 29.2 Å². The van der Waals surface area contributed by atoms with Crippen LogP contribution in [0.1, 0.15) is 37.5 Å². The van der Waals surface area contributed by atoms with Gasteiger partial charge in [-0.2, -0.15) is 11.8 Å². The van der Waals surface area contributed by atoms with E-state index in [2.05, 4.69) is 16.0 Å². The van der Waals surface area contributed by atoms with Gasteiger partial charge in [0.1, 0.15) is 0 Å². The molecule has 3 heterocycles. The Balaban J connectivity index is 1.24. The van der Waals surface area contributed by atoms with Crippen molar-refractivity contribution < 1.29 is 24.0 Å². The quantitative estimate of drug-likeness (QED) is 0.247. The summed E-state index contributed by atoms with van der Waals surface area (Å²) in [6.07, 6.45) is 2.11. The lowest BCUT2D eigenvalue weighted by molar-refractivity contribution is -0.386. The Labute approximate surface area is 177 Å². The number of thioether (sulfide) groups is 1. The number of carbonyl (C=O) groups is 2. The average molecular weight is 436 g/mol. The lowest BCUT2D eigenvalue weighted by atomic mass is 10.0. The number of amides is 3. The number of nitro groups is 1. The lowest BCUT2D eigenvalue weighted by Crippen LogP contribution is -2.36. The van der Waals surface area contributed by atoms with Crippen LogP contribution in [0.3, 0.4) is 0 Å². The maximum absolute atomic E-state index is 12.3. The number of anilines is 1. The SMILES string of the molecule is O=C(CCCCC1SCC2NC(=O)NC21)Nc1ccc(C2OCCO2)c([N+](=O)[O-])c1. The van der Waals surface area contributed by atoms with Crippen LogP contribution in [0.4, 0.5) is 16.2 Å². The third-order valence-electron chi connectivity index (χ3n) is 5.47. The van der Waals surface area contributed by atoms with E-state index in [9.17, 15) is 19.7 Å². The molecule has 0 aromatic heterocycles. The summed E-state index contributed by atoms with van der Waals surface area (Å²) >= 11 is 1.85. The Morgan fingerprint density at radius 2 is 2.07 bits per heavy atom. The van der Waals surface area contributed by atoms with Crippen molar-refractivity contribution in [3.05, 3.63) is 33.9 Å². The van der Waals surface area contributed by atoms with Crippen LogP contribution in [0, 0.1) is 10.1 Å². The van der Waals surface area contributed by atoms with Crippen molar-refractivity contribution in [1.29, 1.82) is 0 Å². The fraction of sp³-hybridized carbons (Fsp3) is 0.579. The van der Waals surface area contributed by atoms with E-state index in [4.69, 9.17) is 9.47 Å². The van der Waals surface area contributed by atoms with Crippen LogP contribution in [0.25, 0.3) is 0 Å². The van der Waals surface area contributed by atoms with Crippen molar-refractivity contribution in [2.45, 2.75) is 49.3 Å².